The summed E-state index contributed by atoms with van der Waals surface area (Å²) in [7, 11) is -3.99. The molecule has 2 unspecified atom stereocenters. The van der Waals surface area contributed by atoms with Gasteiger partial charge in [-0.05, 0) is 12.8 Å². The normalized spacial score (nSPS) is 18.9. The van der Waals surface area contributed by atoms with Crippen molar-refractivity contribution in [2.24, 2.45) is 0 Å². The third kappa shape index (κ3) is 5.70. The molecule has 9 heteroatoms. The molecule has 1 aromatic rings. The summed E-state index contributed by atoms with van der Waals surface area (Å²) in [6.07, 6.45) is 0.443. The molecular weight excluding hydrogens is 327 g/mol. The van der Waals surface area contributed by atoms with Crippen molar-refractivity contribution < 1.29 is 58.2 Å². The molecule has 21 heavy (non-hydrogen) atoms. The van der Waals surface area contributed by atoms with E-state index in [2.05, 4.69) is 0 Å². The molecule has 1 aliphatic heterocycles. The molecule has 0 aromatic carbocycles. The molecule has 0 amide bonds. The van der Waals surface area contributed by atoms with E-state index in [0.29, 0.717) is 19.6 Å². The maximum Gasteiger partial charge on any atom is 1.00 e. The minimum Gasteiger partial charge on any atom is -1.00 e. The van der Waals surface area contributed by atoms with Crippen LogP contribution in [0.2, 0.25) is 0 Å². The SMILES string of the molecule is CCC(CCOCC1COc2cscc2O1)S(=O)(=O)O.[H-].[Na+]. The Hall–Kier alpha value is 0.170. The predicted octanol–water partition coefficient (Wildman–Crippen LogP) is -0.922. The van der Waals surface area contributed by atoms with Gasteiger partial charge in [-0.15, -0.1) is 11.3 Å². The Morgan fingerprint density at radius 1 is 1.52 bits per heavy atom. The number of ether oxygens (including phenoxy) is 3. The Kier molecular flexibility index (Phi) is 7.97. The number of hydrogen-bond acceptors (Lipinski definition) is 6. The van der Waals surface area contributed by atoms with Crippen molar-refractivity contribution in [3.8, 4) is 11.5 Å². The molecule has 0 aliphatic carbocycles. The minimum absolute atomic E-state index is 0. The average Bonchev–Trinajstić information content (AvgIpc) is 2.84. The molecule has 0 fully saturated rings. The fourth-order valence-corrected chi connectivity index (χ4v) is 3.42. The Morgan fingerprint density at radius 2 is 2.24 bits per heavy atom. The van der Waals surface area contributed by atoms with Crippen molar-refractivity contribution in [3.63, 3.8) is 0 Å². The molecule has 6 nitrogen and oxygen atoms in total. The maximum absolute atomic E-state index is 11.0. The second-order valence-corrected chi connectivity index (χ2v) is 7.00. The van der Waals surface area contributed by atoms with E-state index in [1.165, 1.54) is 11.3 Å². The minimum atomic E-state index is -3.99. The standard InChI is InChI=1S/C12H18O6S2.Na.H/c1-2-10(20(13,14)15)3-4-16-5-9-6-17-11-7-19-8-12(11)18-9;;/h7-10H,2-6H2,1H3,(H,13,14,15);;/q;+1;-1. The third-order valence-corrected chi connectivity index (χ3v) is 5.19. The van der Waals surface area contributed by atoms with E-state index >= 15 is 0 Å². The summed E-state index contributed by atoms with van der Waals surface area (Å²) in [4.78, 5) is 0. The van der Waals surface area contributed by atoms with E-state index in [1.54, 1.807) is 6.92 Å². The number of fused-ring (bicyclic) bond motifs is 1. The molecule has 1 aliphatic rings. The fourth-order valence-electron chi connectivity index (χ4n) is 1.94. The summed E-state index contributed by atoms with van der Waals surface area (Å²) in [6.45, 7) is 2.72. The molecule has 2 atom stereocenters. The smallest absolute Gasteiger partial charge is 1.00 e. The summed E-state index contributed by atoms with van der Waals surface area (Å²) >= 11 is 1.51. The van der Waals surface area contributed by atoms with Gasteiger partial charge in [0.15, 0.2) is 17.6 Å². The first kappa shape index (κ1) is 19.2. The average molecular weight is 346 g/mol. The van der Waals surface area contributed by atoms with Crippen LogP contribution >= 0.6 is 11.3 Å². The van der Waals surface area contributed by atoms with Crippen LogP contribution in [0.4, 0.5) is 0 Å². The van der Waals surface area contributed by atoms with Gasteiger partial charge in [0.25, 0.3) is 10.1 Å². The van der Waals surface area contributed by atoms with Gasteiger partial charge in [0.05, 0.1) is 11.9 Å². The predicted molar refractivity (Wildman–Crippen MR) is 76.4 cm³/mol. The van der Waals surface area contributed by atoms with E-state index in [4.69, 9.17) is 18.8 Å². The Labute approximate surface area is 152 Å². The summed E-state index contributed by atoms with van der Waals surface area (Å²) in [5.74, 6) is 1.47. The molecular formula is C12H19NaO6S2. The zero-order valence-corrected chi connectivity index (χ0v) is 15.8. The molecule has 1 aromatic heterocycles. The van der Waals surface area contributed by atoms with E-state index in [-0.39, 0.29) is 50.1 Å². The van der Waals surface area contributed by atoms with Crippen LogP contribution in [0.3, 0.4) is 0 Å². The fraction of sp³-hybridized carbons (Fsp3) is 0.667. The number of rotatable bonds is 7. The second kappa shape index (κ2) is 8.71. The van der Waals surface area contributed by atoms with Gasteiger partial charge in [0, 0.05) is 17.4 Å². The van der Waals surface area contributed by atoms with Crippen LogP contribution in [0, 0.1) is 0 Å². The van der Waals surface area contributed by atoms with Crippen molar-refractivity contribution in [2.75, 3.05) is 19.8 Å². The quantitative estimate of drug-likeness (QED) is 0.391. The van der Waals surface area contributed by atoms with Crippen molar-refractivity contribution in [1.82, 2.24) is 0 Å². The van der Waals surface area contributed by atoms with Crippen LogP contribution in [-0.4, -0.2) is 44.1 Å². The number of thiophene rings is 1. The maximum atomic E-state index is 11.0. The van der Waals surface area contributed by atoms with Gasteiger partial charge in [-0.1, -0.05) is 6.92 Å². The topological polar surface area (TPSA) is 82.1 Å². The molecule has 0 radical (unpaired) electrons. The van der Waals surface area contributed by atoms with Crippen molar-refractivity contribution in [2.45, 2.75) is 31.1 Å². The first-order chi connectivity index (χ1) is 9.50. The Balaban J connectivity index is 0.00000220. The monoisotopic (exact) mass is 346 g/mol. The van der Waals surface area contributed by atoms with Crippen LogP contribution in [0.25, 0.3) is 0 Å². The zero-order chi connectivity index (χ0) is 14.6. The first-order valence-corrected chi connectivity index (χ1v) is 8.85. The van der Waals surface area contributed by atoms with Crippen LogP contribution in [0.15, 0.2) is 10.8 Å². The van der Waals surface area contributed by atoms with Gasteiger partial charge >= 0.3 is 29.6 Å². The van der Waals surface area contributed by atoms with E-state index in [9.17, 15) is 8.42 Å². The molecule has 2 heterocycles. The largest absolute Gasteiger partial charge is 1.00 e. The van der Waals surface area contributed by atoms with Crippen LogP contribution < -0.4 is 39.0 Å². The molecule has 0 saturated heterocycles. The van der Waals surface area contributed by atoms with Gasteiger partial charge < -0.3 is 15.6 Å². The van der Waals surface area contributed by atoms with E-state index in [1.807, 2.05) is 10.8 Å². The van der Waals surface area contributed by atoms with E-state index < -0.39 is 15.4 Å². The van der Waals surface area contributed by atoms with Crippen molar-refractivity contribution >= 4 is 21.5 Å². The molecule has 0 bridgehead atoms. The summed E-state index contributed by atoms with van der Waals surface area (Å²) in [5, 5.41) is 2.98. The zero-order valence-electron chi connectivity index (χ0n) is 13.1. The van der Waals surface area contributed by atoms with Gasteiger partial charge in [-0.2, -0.15) is 8.42 Å². The van der Waals surface area contributed by atoms with Gasteiger partial charge in [0.1, 0.15) is 6.61 Å². The Morgan fingerprint density at radius 3 is 2.90 bits per heavy atom. The van der Waals surface area contributed by atoms with Gasteiger partial charge in [-0.25, -0.2) is 0 Å². The summed E-state index contributed by atoms with van der Waals surface area (Å²) < 4.78 is 47.6. The van der Waals surface area contributed by atoms with Gasteiger partial charge in [0.2, 0.25) is 0 Å². The van der Waals surface area contributed by atoms with Crippen LogP contribution in [0.5, 0.6) is 11.5 Å². The number of hydrogen-bond donors (Lipinski definition) is 1. The van der Waals surface area contributed by atoms with Crippen molar-refractivity contribution in [3.05, 3.63) is 10.8 Å². The molecule has 2 rings (SSSR count). The molecule has 0 spiro atoms. The van der Waals surface area contributed by atoms with Crippen molar-refractivity contribution in [1.29, 1.82) is 0 Å². The van der Waals surface area contributed by atoms with Gasteiger partial charge in [-0.3, -0.25) is 4.55 Å². The Bertz CT molecular complexity index is 535. The van der Waals surface area contributed by atoms with Crippen LogP contribution in [0.1, 0.15) is 21.2 Å². The van der Waals surface area contributed by atoms with E-state index in [0.717, 1.165) is 11.5 Å². The summed E-state index contributed by atoms with van der Waals surface area (Å²) in [5.41, 5.74) is 0. The summed E-state index contributed by atoms with van der Waals surface area (Å²) in [6, 6.07) is 0. The molecule has 116 valence electrons. The second-order valence-electron chi connectivity index (χ2n) is 4.56. The third-order valence-electron chi connectivity index (χ3n) is 3.08. The molecule has 1 N–H and O–H groups in total. The molecule has 0 saturated carbocycles. The first-order valence-electron chi connectivity index (χ1n) is 6.40. The van der Waals surface area contributed by atoms with Crippen LogP contribution in [-0.2, 0) is 14.9 Å².